The van der Waals surface area contributed by atoms with Gasteiger partial charge >= 0.3 is 6.18 Å². The molecule has 23 heavy (non-hydrogen) atoms. The number of nitrogens with one attached hydrogen (secondary N) is 1. The second-order valence-electron chi connectivity index (χ2n) is 4.55. The van der Waals surface area contributed by atoms with Gasteiger partial charge in [0.25, 0.3) is 10.0 Å². The summed E-state index contributed by atoms with van der Waals surface area (Å²) in [6.07, 6.45) is -3.27. The van der Waals surface area contributed by atoms with Gasteiger partial charge in [0.15, 0.2) is 0 Å². The molecule has 122 valence electrons. The molecule has 0 bridgehead atoms. The molecule has 1 N–H and O–H groups in total. The maximum atomic E-state index is 12.7. The van der Waals surface area contributed by atoms with E-state index in [0.29, 0.717) is 11.6 Å². The standard InChI is InChI=1S/C15H11ClF3NO2S/c16-13-7-6-12(15(17,18)19)10-14(13)20-23(21,22)9-8-11-4-2-1-3-5-11/h1-10,20H/b9-8+. The molecule has 0 spiro atoms. The van der Waals surface area contributed by atoms with Crippen molar-refractivity contribution in [3.8, 4) is 0 Å². The molecule has 0 aromatic heterocycles. The molecule has 0 amide bonds. The first-order chi connectivity index (χ1) is 10.7. The predicted octanol–water partition coefficient (Wildman–Crippen LogP) is 4.77. The fourth-order valence-corrected chi connectivity index (χ4v) is 2.80. The van der Waals surface area contributed by atoms with E-state index < -0.39 is 21.8 Å². The topological polar surface area (TPSA) is 46.2 Å². The highest BCUT2D eigenvalue weighted by molar-refractivity contribution is 7.95. The lowest BCUT2D eigenvalue weighted by molar-refractivity contribution is -0.137. The SMILES string of the molecule is O=S(=O)(/C=C/c1ccccc1)Nc1cc(C(F)(F)F)ccc1Cl. The van der Waals surface area contributed by atoms with Crippen LogP contribution in [-0.4, -0.2) is 8.42 Å². The highest BCUT2D eigenvalue weighted by atomic mass is 35.5. The number of alkyl halides is 3. The van der Waals surface area contributed by atoms with E-state index in [2.05, 4.69) is 0 Å². The number of sulfonamides is 1. The minimum atomic E-state index is -4.59. The number of anilines is 1. The Morgan fingerprint density at radius 1 is 1.04 bits per heavy atom. The van der Waals surface area contributed by atoms with E-state index in [1.54, 1.807) is 30.3 Å². The zero-order valence-electron chi connectivity index (χ0n) is 11.5. The third-order valence-corrected chi connectivity index (χ3v) is 4.11. The van der Waals surface area contributed by atoms with Crippen molar-refractivity contribution >= 4 is 33.4 Å². The third-order valence-electron chi connectivity index (χ3n) is 2.79. The molecule has 0 saturated heterocycles. The van der Waals surface area contributed by atoms with Gasteiger partial charge in [0, 0.05) is 0 Å². The number of hydrogen-bond acceptors (Lipinski definition) is 2. The number of hydrogen-bond donors (Lipinski definition) is 1. The van der Waals surface area contributed by atoms with Crippen molar-refractivity contribution in [1.82, 2.24) is 0 Å². The van der Waals surface area contributed by atoms with Crippen LogP contribution in [0.1, 0.15) is 11.1 Å². The molecule has 0 saturated carbocycles. The van der Waals surface area contributed by atoms with Crippen molar-refractivity contribution in [2.45, 2.75) is 6.18 Å². The second kappa shape index (κ2) is 6.64. The molecule has 3 nitrogen and oxygen atoms in total. The molecule has 2 aromatic carbocycles. The fraction of sp³-hybridized carbons (Fsp3) is 0.0667. The maximum Gasteiger partial charge on any atom is 0.416 e. The zero-order valence-corrected chi connectivity index (χ0v) is 13.1. The van der Waals surface area contributed by atoms with Crippen LogP contribution in [0.2, 0.25) is 5.02 Å². The molecule has 0 fully saturated rings. The smallest absolute Gasteiger partial charge is 0.279 e. The summed E-state index contributed by atoms with van der Waals surface area (Å²) in [6.45, 7) is 0. The average Bonchev–Trinajstić information content (AvgIpc) is 2.47. The number of benzene rings is 2. The van der Waals surface area contributed by atoms with Crippen LogP contribution in [0.5, 0.6) is 0 Å². The van der Waals surface area contributed by atoms with Crippen LogP contribution in [-0.2, 0) is 16.2 Å². The first kappa shape index (κ1) is 17.4. The Labute approximate surface area is 136 Å². The molecule has 0 aliphatic rings. The van der Waals surface area contributed by atoms with Gasteiger partial charge in [-0.25, -0.2) is 8.42 Å². The zero-order chi connectivity index (χ0) is 17.1. The van der Waals surface area contributed by atoms with Crippen molar-refractivity contribution in [3.05, 3.63) is 70.1 Å². The average molecular weight is 362 g/mol. The molecule has 0 heterocycles. The summed E-state index contributed by atoms with van der Waals surface area (Å²) in [6, 6.07) is 11.0. The minimum absolute atomic E-state index is 0.130. The highest BCUT2D eigenvalue weighted by Gasteiger charge is 2.31. The largest absolute Gasteiger partial charge is 0.416 e. The monoisotopic (exact) mass is 361 g/mol. The summed E-state index contributed by atoms with van der Waals surface area (Å²) in [4.78, 5) is 0. The summed E-state index contributed by atoms with van der Waals surface area (Å²) in [5.74, 6) is 0. The Bertz CT molecular complexity index is 818. The van der Waals surface area contributed by atoms with Crippen molar-refractivity contribution in [1.29, 1.82) is 0 Å². The quantitative estimate of drug-likeness (QED) is 0.852. The normalized spacial score (nSPS) is 12.5. The molecule has 0 aliphatic heterocycles. The van der Waals surface area contributed by atoms with Crippen molar-refractivity contribution in [3.63, 3.8) is 0 Å². The van der Waals surface area contributed by atoms with Crippen LogP contribution in [0.4, 0.5) is 18.9 Å². The number of halogens is 4. The molecule has 2 rings (SSSR count). The van der Waals surface area contributed by atoms with Gasteiger partial charge in [0.1, 0.15) is 0 Å². The van der Waals surface area contributed by atoms with Crippen LogP contribution in [0.25, 0.3) is 6.08 Å². The molecule has 0 radical (unpaired) electrons. The van der Waals surface area contributed by atoms with E-state index in [1.807, 2.05) is 4.72 Å². The van der Waals surface area contributed by atoms with E-state index in [0.717, 1.165) is 17.5 Å². The van der Waals surface area contributed by atoms with E-state index in [4.69, 9.17) is 11.6 Å². The van der Waals surface area contributed by atoms with E-state index >= 15 is 0 Å². The van der Waals surface area contributed by atoms with E-state index in [9.17, 15) is 21.6 Å². The van der Waals surface area contributed by atoms with Crippen molar-refractivity contribution in [2.75, 3.05) is 4.72 Å². The Balaban J connectivity index is 2.25. The predicted molar refractivity (Wildman–Crippen MR) is 84.5 cm³/mol. The Kier molecular flexibility index (Phi) is 5.01. The molecule has 0 unspecified atom stereocenters. The lowest BCUT2D eigenvalue weighted by Gasteiger charge is -2.11. The van der Waals surface area contributed by atoms with Gasteiger partial charge in [-0.05, 0) is 29.8 Å². The fourth-order valence-electron chi connectivity index (χ4n) is 1.70. The molecule has 2 aromatic rings. The Hall–Kier alpha value is -1.99. The van der Waals surface area contributed by atoms with Gasteiger partial charge in [0.05, 0.1) is 21.7 Å². The summed E-state index contributed by atoms with van der Waals surface area (Å²) in [5.41, 5.74) is -0.696. The van der Waals surface area contributed by atoms with Crippen molar-refractivity contribution in [2.24, 2.45) is 0 Å². The van der Waals surface area contributed by atoms with Crippen LogP contribution in [0.3, 0.4) is 0 Å². The van der Waals surface area contributed by atoms with Crippen LogP contribution < -0.4 is 4.72 Å². The molecular formula is C15H11ClF3NO2S. The van der Waals surface area contributed by atoms with Crippen LogP contribution >= 0.6 is 11.6 Å². The van der Waals surface area contributed by atoms with Gasteiger partial charge in [-0.1, -0.05) is 41.9 Å². The van der Waals surface area contributed by atoms with Gasteiger partial charge in [0.2, 0.25) is 0 Å². The van der Waals surface area contributed by atoms with Gasteiger partial charge in [-0.2, -0.15) is 13.2 Å². The van der Waals surface area contributed by atoms with Gasteiger partial charge < -0.3 is 0 Å². The molecule has 0 atom stereocenters. The molecule has 8 heteroatoms. The summed E-state index contributed by atoms with van der Waals surface area (Å²) < 4.78 is 63.9. The highest BCUT2D eigenvalue weighted by Crippen LogP contribution is 2.34. The summed E-state index contributed by atoms with van der Waals surface area (Å²) >= 11 is 5.75. The summed E-state index contributed by atoms with van der Waals surface area (Å²) in [5, 5.41) is 0.730. The lowest BCUT2D eigenvalue weighted by Crippen LogP contribution is -2.11. The van der Waals surface area contributed by atoms with E-state index in [-0.39, 0.29) is 10.7 Å². The third kappa shape index (κ3) is 5.01. The first-order valence-corrected chi connectivity index (χ1v) is 8.22. The van der Waals surface area contributed by atoms with Crippen LogP contribution in [0, 0.1) is 0 Å². The Morgan fingerprint density at radius 2 is 1.70 bits per heavy atom. The second-order valence-corrected chi connectivity index (χ2v) is 6.53. The van der Waals surface area contributed by atoms with Gasteiger partial charge in [-0.3, -0.25) is 4.72 Å². The molecular weight excluding hydrogens is 351 g/mol. The lowest BCUT2D eigenvalue weighted by atomic mass is 10.2. The number of rotatable bonds is 4. The van der Waals surface area contributed by atoms with Crippen molar-refractivity contribution < 1.29 is 21.6 Å². The minimum Gasteiger partial charge on any atom is -0.279 e. The van der Waals surface area contributed by atoms with Crippen LogP contribution in [0.15, 0.2) is 53.9 Å². The van der Waals surface area contributed by atoms with Gasteiger partial charge in [-0.15, -0.1) is 0 Å². The first-order valence-electron chi connectivity index (χ1n) is 6.30. The maximum absolute atomic E-state index is 12.7. The van der Waals surface area contributed by atoms with E-state index in [1.165, 1.54) is 6.08 Å². The molecule has 0 aliphatic carbocycles. The Morgan fingerprint density at radius 3 is 2.30 bits per heavy atom. The summed E-state index contributed by atoms with van der Waals surface area (Å²) in [7, 11) is -4.00.